The fourth-order valence-electron chi connectivity index (χ4n) is 2.87. The number of thiazole rings is 1. The molecule has 0 aliphatic carbocycles. The molecule has 4 rings (SSSR count). The van der Waals surface area contributed by atoms with Crippen LogP contribution in [0.25, 0.3) is 16.3 Å². The van der Waals surface area contributed by atoms with Gasteiger partial charge in [0.2, 0.25) is 0 Å². The normalized spacial score (nSPS) is 11.4. The Balaban J connectivity index is 1.57. The molecule has 4 aromatic rings. The molecule has 0 unspecified atom stereocenters. The molecule has 1 amide bonds. The number of nitrogens with zero attached hydrogens (tertiary/aromatic N) is 3. The summed E-state index contributed by atoms with van der Waals surface area (Å²) in [6.45, 7) is 0. The lowest BCUT2D eigenvalue weighted by atomic mass is 10.2. The zero-order valence-corrected chi connectivity index (χ0v) is 16.9. The summed E-state index contributed by atoms with van der Waals surface area (Å²) in [5, 5.41) is 9.58. The van der Waals surface area contributed by atoms with Crippen molar-refractivity contribution in [3.63, 3.8) is 0 Å². The van der Waals surface area contributed by atoms with Crippen molar-refractivity contribution in [2.45, 2.75) is 6.18 Å². The highest BCUT2D eigenvalue weighted by molar-refractivity contribution is 7.13. The predicted molar refractivity (Wildman–Crippen MR) is 111 cm³/mol. The Kier molecular flexibility index (Phi) is 5.47. The van der Waals surface area contributed by atoms with Gasteiger partial charge >= 0.3 is 6.18 Å². The summed E-state index contributed by atoms with van der Waals surface area (Å²) < 4.78 is 45.4. The minimum atomic E-state index is -4.49. The van der Waals surface area contributed by atoms with E-state index in [-0.39, 0.29) is 17.1 Å². The topological polar surface area (TPSA) is 69.0 Å². The van der Waals surface area contributed by atoms with Gasteiger partial charge in [-0.1, -0.05) is 6.07 Å². The lowest BCUT2D eigenvalue weighted by molar-refractivity contribution is -0.137. The molecule has 31 heavy (non-hydrogen) atoms. The molecule has 0 spiro atoms. The zero-order valence-electron chi connectivity index (χ0n) is 16.1. The summed E-state index contributed by atoms with van der Waals surface area (Å²) in [4.78, 5) is 17.0. The maximum Gasteiger partial charge on any atom is 0.416 e. The number of hydrogen-bond donors (Lipinski definition) is 1. The van der Waals surface area contributed by atoms with E-state index in [0.717, 1.165) is 22.7 Å². The molecule has 0 saturated heterocycles. The van der Waals surface area contributed by atoms with Gasteiger partial charge in [-0.3, -0.25) is 4.79 Å². The summed E-state index contributed by atoms with van der Waals surface area (Å²) in [7, 11) is 1.35. The number of halogens is 3. The first kappa shape index (κ1) is 20.6. The summed E-state index contributed by atoms with van der Waals surface area (Å²) in [5.74, 6) is -0.418. The minimum absolute atomic E-state index is 0.0519. The van der Waals surface area contributed by atoms with E-state index in [1.165, 1.54) is 41.5 Å². The van der Waals surface area contributed by atoms with Crippen molar-refractivity contribution in [2.75, 3.05) is 12.4 Å². The van der Waals surface area contributed by atoms with Crippen LogP contribution in [0.15, 0.2) is 66.3 Å². The van der Waals surface area contributed by atoms with Crippen LogP contribution in [-0.4, -0.2) is 27.8 Å². The number of carbonyl (C=O) groups is 1. The van der Waals surface area contributed by atoms with Crippen LogP contribution in [0, 0.1) is 0 Å². The van der Waals surface area contributed by atoms with E-state index in [1.54, 1.807) is 18.3 Å². The van der Waals surface area contributed by atoms with Gasteiger partial charge in [0.25, 0.3) is 5.91 Å². The van der Waals surface area contributed by atoms with Gasteiger partial charge in [-0.25, -0.2) is 9.67 Å². The van der Waals surface area contributed by atoms with Crippen molar-refractivity contribution in [2.24, 2.45) is 0 Å². The predicted octanol–water partition coefficient (Wildman–Crippen LogP) is 5.28. The number of anilines is 1. The van der Waals surface area contributed by atoms with Crippen molar-refractivity contribution in [3.8, 4) is 22.0 Å². The summed E-state index contributed by atoms with van der Waals surface area (Å²) in [6, 6.07) is 11.8. The molecule has 0 bridgehead atoms. The largest absolute Gasteiger partial charge is 0.493 e. The lowest BCUT2D eigenvalue weighted by Gasteiger charge is -2.08. The maximum absolute atomic E-state index is 13.0. The zero-order chi connectivity index (χ0) is 22.0. The van der Waals surface area contributed by atoms with Crippen molar-refractivity contribution in [3.05, 3.63) is 77.6 Å². The molecule has 0 fully saturated rings. The van der Waals surface area contributed by atoms with Crippen LogP contribution in [0.2, 0.25) is 0 Å². The first-order chi connectivity index (χ1) is 14.8. The quantitative estimate of drug-likeness (QED) is 0.455. The van der Waals surface area contributed by atoms with Gasteiger partial charge in [0.05, 0.1) is 24.6 Å². The van der Waals surface area contributed by atoms with E-state index in [0.29, 0.717) is 5.69 Å². The Labute approximate surface area is 178 Å². The molecule has 2 heterocycles. The van der Waals surface area contributed by atoms with Gasteiger partial charge in [0.1, 0.15) is 5.01 Å². The first-order valence-electron chi connectivity index (χ1n) is 8.98. The van der Waals surface area contributed by atoms with E-state index >= 15 is 0 Å². The number of carbonyl (C=O) groups excluding carboxylic acids is 1. The van der Waals surface area contributed by atoms with E-state index < -0.39 is 17.6 Å². The average molecular weight is 444 g/mol. The highest BCUT2D eigenvalue weighted by Gasteiger charge is 2.30. The average Bonchev–Trinajstić information content (AvgIpc) is 3.44. The minimum Gasteiger partial charge on any atom is -0.493 e. The number of ether oxygens (including phenoxy) is 1. The van der Waals surface area contributed by atoms with Crippen LogP contribution in [0.5, 0.6) is 5.75 Å². The molecule has 0 aliphatic rings. The lowest BCUT2D eigenvalue weighted by Crippen LogP contribution is -2.14. The first-order valence-corrected chi connectivity index (χ1v) is 9.85. The molecule has 158 valence electrons. The number of benzene rings is 2. The molecule has 0 saturated carbocycles. The van der Waals surface area contributed by atoms with Gasteiger partial charge in [0.15, 0.2) is 11.4 Å². The molecule has 1 N–H and O–H groups in total. The number of amides is 1. The van der Waals surface area contributed by atoms with Gasteiger partial charge in [-0.2, -0.15) is 18.3 Å². The number of rotatable bonds is 5. The third-order valence-corrected chi connectivity index (χ3v) is 5.20. The Hall–Kier alpha value is -3.66. The van der Waals surface area contributed by atoms with Crippen molar-refractivity contribution in [1.82, 2.24) is 14.8 Å². The van der Waals surface area contributed by atoms with Crippen LogP contribution in [-0.2, 0) is 6.18 Å². The van der Waals surface area contributed by atoms with Gasteiger partial charge in [-0.15, -0.1) is 11.3 Å². The Morgan fingerprint density at radius 3 is 2.58 bits per heavy atom. The fraction of sp³-hybridized carbons (Fsp3) is 0.0952. The van der Waals surface area contributed by atoms with E-state index in [9.17, 15) is 18.0 Å². The Morgan fingerprint density at radius 1 is 1.16 bits per heavy atom. The maximum atomic E-state index is 13.0. The van der Waals surface area contributed by atoms with Gasteiger partial charge in [0, 0.05) is 22.8 Å². The monoisotopic (exact) mass is 444 g/mol. The van der Waals surface area contributed by atoms with Crippen LogP contribution in [0.1, 0.15) is 16.1 Å². The van der Waals surface area contributed by atoms with Gasteiger partial charge < -0.3 is 10.1 Å². The molecule has 10 heteroatoms. The molecule has 0 radical (unpaired) electrons. The van der Waals surface area contributed by atoms with E-state index in [1.807, 2.05) is 17.5 Å². The second-order valence-electron chi connectivity index (χ2n) is 6.41. The smallest absolute Gasteiger partial charge is 0.416 e. The number of aromatic nitrogens is 3. The van der Waals surface area contributed by atoms with Crippen LogP contribution < -0.4 is 10.1 Å². The molecule has 6 nitrogen and oxygen atoms in total. The molecular weight excluding hydrogens is 429 g/mol. The standard InChI is InChI=1S/C21H15F3N4O2S/c1-30-17-12-28(16-4-2-3-14(11-16)21(22,23)24)27-18(17)19(29)26-15-7-5-13(6-8-15)20-25-9-10-31-20/h2-12H,1H3,(H,26,29). The van der Waals surface area contributed by atoms with Crippen LogP contribution >= 0.6 is 11.3 Å². The Bertz CT molecular complexity index is 1200. The molecule has 0 aliphatic heterocycles. The second kappa shape index (κ2) is 8.23. The third-order valence-electron chi connectivity index (χ3n) is 4.38. The van der Waals surface area contributed by atoms with Crippen LogP contribution in [0.4, 0.5) is 18.9 Å². The van der Waals surface area contributed by atoms with Crippen LogP contribution in [0.3, 0.4) is 0 Å². The summed E-state index contributed by atoms with van der Waals surface area (Å²) >= 11 is 1.50. The van der Waals surface area contributed by atoms with Crippen molar-refractivity contribution >= 4 is 22.9 Å². The highest BCUT2D eigenvalue weighted by Crippen LogP contribution is 2.31. The summed E-state index contributed by atoms with van der Waals surface area (Å²) in [5.41, 5.74) is 0.732. The number of alkyl halides is 3. The summed E-state index contributed by atoms with van der Waals surface area (Å²) in [6.07, 6.45) is -1.42. The molecular formula is C21H15F3N4O2S. The van der Waals surface area contributed by atoms with Gasteiger partial charge in [-0.05, 0) is 42.5 Å². The van der Waals surface area contributed by atoms with Crippen molar-refractivity contribution < 1.29 is 22.7 Å². The SMILES string of the molecule is COc1cn(-c2cccc(C(F)(F)F)c2)nc1C(=O)Nc1ccc(-c2nccs2)cc1. The number of methoxy groups -OCH3 is 1. The molecule has 2 aromatic heterocycles. The van der Waals surface area contributed by atoms with Crippen molar-refractivity contribution in [1.29, 1.82) is 0 Å². The molecule has 0 atom stereocenters. The number of nitrogens with one attached hydrogen (secondary N) is 1. The van der Waals surface area contributed by atoms with E-state index in [4.69, 9.17) is 4.74 Å². The highest BCUT2D eigenvalue weighted by atomic mass is 32.1. The Morgan fingerprint density at radius 2 is 1.94 bits per heavy atom. The fourth-order valence-corrected chi connectivity index (χ4v) is 3.52. The third kappa shape index (κ3) is 4.43. The van der Waals surface area contributed by atoms with E-state index in [2.05, 4.69) is 15.4 Å². The molecule has 2 aromatic carbocycles. The number of hydrogen-bond acceptors (Lipinski definition) is 5. The second-order valence-corrected chi connectivity index (χ2v) is 7.30.